The summed E-state index contributed by atoms with van der Waals surface area (Å²) in [5, 5.41) is 4.72. The minimum absolute atomic E-state index is 0.469. The van der Waals surface area contributed by atoms with Gasteiger partial charge in [-0.15, -0.1) is 0 Å². The summed E-state index contributed by atoms with van der Waals surface area (Å²) in [6.45, 7) is 4.81. The highest BCUT2D eigenvalue weighted by Gasteiger charge is 2.20. The summed E-state index contributed by atoms with van der Waals surface area (Å²) in [4.78, 5) is 2.16. The van der Waals surface area contributed by atoms with Crippen LogP contribution in [0.2, 0.25) is 0 Å². The molecule has 0 aliphatic carbocycles. The van der Waals surface area contributed by atoms with Crippen LogP contribution in [0.15, 0.2) is 48.5 Å². The monoisotopic (exact) mass is 339 g/mol. The van der Waals surface area contributed by atoms with Gasteiger partial charge in [0.2, 0.25) is 0 Å². The Morgan fingerprint density at radius 1 is 1.04 bits per heavy atom. The summed E-state index contributed by atoms with van der Waals surface area (Å²) < 4.78 is 29.0. The van der Waals surface area contributed by atoms with Gasteiger partial charge < -0.3 is 0 Å². The molecule has 0 spiro atoms. The second kappa shape index (κ2) is 6.41. The van der Waals surface area contributed by atoms with Crippen LogP contribution in [-0.2, 0) is 19.6 Å². The van der Waals surface area contributed by atoms with Crippen molar-refractivity contribution in [1.82, 2.24) is 14.7 Å². The summed E-state index contributed by atoms with van der Waals surface area (Å²) in [6, 6.07) is 14.1. The molecule has 4 rings (SSSR count). The third kappa shape index (κ3) is 3.20. The zero-order valence-corrected chi connectivity index (χ0v) is 14.0. The molecule has 0 fully saturated rings. The van der Waals surface area contributed by atoms with E-state index in [2.05, 4.69) is 30.0 Å². The molecule has 1 aliphatic rings. The van der Waals surface area contributed by atoms with Crippen LogP contribution in [0.1, 0.15) is 16.8 Å². The van der Waals surface area contributed by atoms with Gasteiger partial charge in [0.15, 0.2) is 0 Å². The Labute approximate surface area is 145 Å². The van der Waals surface area contributed by atoms with Gasteiger partial charge in [-0.2, -0.15) is 5.10 Å². The van der Waals surface area contributed by atoms with E-state index in [9.17, 15) is 8.78 Å². The van der Waals surface area contributed by atoms with E-state index in [4.69, 9.17) is 5.10 Å². The van der Waals surface area contributed by atoms with Crippen LogP contribution < -0.4 is 0 Å². The first-order valence-corrected chi connectivity index (χ1v) is 8.39. The van der Waals surface area contributed by atoms with Gasteiger partial charge in [-0.25, -0.2) is 8.78 Å². The Kier molecular flexibility index (Phi) is 4.09. The van der Waals surface area contributed by atoms with Crippen LogP contribution in [0.3, 0.4) is 0 Å². The van der Waals surface area contributed by atoms with E-state index in [1.54, 1.807) is 0 Å². The minimum Gasteiger partial charge on any atom is -0.291 e. The molecule has 1 aliphatic heterocycles. The third-order valence-electron chi connectivity index (χ3n) is 4.71. The lowest BCUT2D eigenvalue weighted by atomic mass is 10.1. The lowest BCUT2D eigenvalue weighted by Crippen LogP contribution is -2.33. The molecule has 0 radical (unpaired) electrons. The van der Waals surface area contributed by atoms with Gasteiger partial charge in [0.1, 0.15) is 11.6 Å². The van der Waals surface area contributed by atoms with Crippen LogP contribution in [0.4, 0.5) is 8.78 Å². The van der Waals surface area contributed by atoms with Crippen molar-refractivity contribution in [3.63, 3.8) is 0 Å². The number of hydrogen-bond acceptors (Lipinski definition) is 2. The van der Waals surface area contributed by atoms with Gasteiger partial charge in [-0.05, 0) is 24.6 Å². The van der Waals surface area contributed by atoms with E-state index >= 15 is 0 Å². The summed E-state index contributed by atoms with van der Waals surface area (Å²) in [6.07, 6.45) is 0. The van der Waals surface area contributed by atoms with Gasteiger partial charge in [0.05, 0.1) is 17.9 Å². The van der Waals surface area contributed by atoms with Crippen molar-refractivity contribution in [2.75, 3.05) is 6.54 Å². The van der Waals surface area contributed by atoms with Gasteiger partial charge in [0, 0.05) is 36.8 Å². The highest BCUT2D eigenvalue weighted by molar-refractivity contribution is 5.63. The highest BCUT2D eigenvalue weighted by Crippen LogP contribution is 2.25. The fourth-order valence-electron chi connectivity index (χ4n) is 3.34. The first-order valence-electron chi connectivity index (χ1n) is 8.39. The van der Waals surface area contributed by atoms with Crippen molar-refractivity contribution in [3.8, 4) is 11.3 Å². The number of fused-ring (bicyclic) bond motifs is 1. The Morgan fingerprint density at radius 2 is 1.88 bits per heavy atom. The summed E-state index contributed by atoms with van der Waals surface area (Å²) >= 11 is 0. The van der Waals surface area contributed by atoms with Crippen LogP contribution in [-0.4, -0.2) is 21.2 Å². The number of rotatable bonds is 3. The Morgan fingerprint density at radius 3 is 2.68 bits per heavy atom. The van der Waals surface area contributed by atoms with Crippen molar-refractivity contribution < 1.29 is 8.78 Å². The van der Waals surface area contributed by atoms with Crippen LogP contribution in [0, 0.1) is 18.6 Å². The molecular weight excluding hydrogens is 320 g/mol. The number of aryl methyl sites for hydroxylation is 1. The molecular formula is C20H19F2N3. The Hall–Kier alpha value is -2.53. The van der Waals surface area contributed by atoms with Gasteiger partial charge in [-0.3, -0.25) is 9.58 Å². The number of benzene rings is 2. The molecule has 0 bridgehead atoms. The molecule has 5 heteroatoms. The van der Waals surface area contributed by atoms with E-state index in [0.717, 1.165) is 36.1 Å². The van der Waals surface area contributed by atoms with Crippen LogP contribution in [0.25, 0.3) is 11.3 Å². The van der Waals surface area contributed by atoms with E-state index in [-0.39, 0.29) is 0 Å². The zero-order valence-electron chi connectivity index (χ0n) is 14.0. The fraction of sp³-hybridized carbons (Fsp3) is 0.250. The smallest absolute Gasteiger partial charge is 0.130 e. The summed E-state index contributed by atoms with van der Waals surface area (Å²) in [5.74, 6) is -1.03. The van der Waals surface area contributed by atoms with E-state index in [1.807, 2.05) is 16.8 Å². The number of aromatic nitrogens is 2. The van der Waals surface area contributed by atoms with Crippen LogP contribution in [0.5, 0.6) is 0 Å². The quantitative estimate of drug-likeness (QED) is 0.715. The SMILES string of the molecule is Cc1ccccc1-c1cc2n(n1)CCN(Cc1ccc(F)cc1F)C2. The first kappa shape index (κ1) is 16.0. The van der Waals surface area contributed by atoms with E-state index in [1.165, 1.54) is 17.7 Å². The van der Waals surface area contributed by atoms with Gasteiger partial charge in [0.25, 0.3) is 0 Å². The first-order chi connectivity index (χ1) is 12.1. The molecule has 1 aromatic heterocycles. The molecule has 2 heterocycles. The normalized spacial score (nSPS) is 14.5. The second-order valence-electron chi connectivity index (χ2n) is 6.51. The van der Waals surface area contributed by atoms with Crippen molar-refractivity contribution in [3.05, 3.63) is 77.0 Å². The molecule has 0 unspecified atom stereocenters. The molecule has 0 saturated heterocycles. The number of nitrogens with zero attached hydrogens (tertiary/aromatic N) is 3. The number of hydrogen-bond donors (Lipinski definition) is 0. The molecule has 3 nitrogen and oxygen atoms in total. The maximum Gasteiger partial charge on any atom is 0.130 e. The van der Waals surface area contributed by atoms with Crippen LogP contribution >= 0.6 is 0 Å². The van der Waals surface area contributed by atoms with Crippen molar-refractivity contribution >= 4 is 0 Å². The number of halogens is 2. The fourth-order valence-corrected chi connectivity index (χ4v) is 3.34. The predicted molar refractivity (Wildman–Crippen MR) is 92.9 cm³/mol. The molecule has 0 atom stereocenters. The molecule has 128 valence electrons. The lowest BCUT2D eigenvalue weighted by molar-refractivity contribution is 0.203. The average molecular weight is 339 g/mol. The summed E-state index contributed by atoms with van der Waals surface area (Å²) in [7, 11) is 0. The van der Waals surface area contributed by atoms with Crippen molar-refractivity contribution in [2.24, 2.45) is 0 Å². The molecule has 0 amide bonds. The van der Waals surface area contributed by atoms with Crippen molar-refractivity contribution in [2.45, 2.75) is 26.6 Å². The Balaban J connectivity index is 1.54. The minimum atomic E-state index is -0.541. The highest BCUT2D eigenvalue weighted by atomic mass is 19.1. The second-order valence-corrected chi connectivity index (χ2v) is 6.51. The third-order valence-corrected chi connectivity index (χ3v) is 4.71. The average Bonchev–Trinajstić information content (AvgIpc) is 3.01. The maximum absolute atomic E-state index is 13.9. The predicted octanol–water partition coefficient (Wildman–Crippen LogP) is 4.15. The van der Waals surface area contributed by atoms with E-state index in [0.29, 0.717) is 18.7 Å². The maximum atomic E-state index is 13.9. The Bertz CT molecular complexity index is 917. The topological polar surface area (TPSA) is 21.1 Å². The summed E-state index contributed by atoms with van der Waals surface area (Å²) in [5.41, 5.74) is 4.95. The molecule has 2 aromatic carbocycles. The van der Waals surface area contributed by atoms with E-state index < -0.39 is 11.6 Å². The van der Waals surface area contributed by atoms with Gasteiger partial charge >= 0.3 is 0 Å². The molecule has 25 heavy (non-hydrogen) atoms. The van der Waals surface area contributed by atoms with Crippen molar-refractivity contribution in [1.29, 1.82) is 0 Å². The lowest BCUT2D eigenvalue weighted by Gasteiger charge is -2.27. The standard InChI is InChI=1S/C20H19F2N3/c1-14-4-2-3-5-18(14)20-11-17-13-24(8-9-25(17)23-20)12-15-6-7-16(21)10-19(15)22/h2-7,10-11H,8-9,12-13H2,1H3. The zero-order chi connectivity index (χ0) is 17.4. The van der Waals surface area contributed by atoms with Gasteiger partial charge in [-0.1, -0.05) is 30.3 Å². The molecule has 0 saturated carbocycles. The molecule has 3 aromatic rings. The molecule has 0 N–H and O–H groups in total. The largest absolute Gasteiger partial charge is 0.291 e.